The second kappa shape index (κ2) is 4.84. The van der Waals surface area contributed by atoms with Crippen molar-refractivity contribution in [1.29, 1.82) is 0 Å². The molecule has 2 aromatic rings. The lowest BCUT2D eigenvalue weighted by Crippen LogP contribution is -2.03. The lowest BCUT2D eigenvalue weighted by atomic mass is 10.1. The molecule has 84 valence electrons. The molecule has 0 atom stereocenters. The molecule has 2 rings (SSSR count). The number of nitrogens with zero attached hydrogens (tertiary/aromatic N) is 1. The standard InChI is InChI=1S/C13H16N2O/c1-3-11-6-4-5-10(2)13(11)15-8-12-7-14-9-16-12/h4-7,9,15H,3,8H2,1-2H3. The van der Waals surface area contributed by atoms with Crippen LogP contribution in [0, 0.1) is 6.92 Å². The number of aromatic nitrogens is 1. The summed E-state index contributed by atoms with van der Waals surface area (Å²) in [5.41, 5.74) is 3.81. The van der Waals surface area contributed by atoms with Crippen molar-refractivity contribution >= 4 is 5.69 Å². The van der Waals surface area contributed by atoms with Crippen molar-refractivity contribution in [3.05, 3.63) is 47.7 Å². The Kier molecular flexibility index (Phi) is 3.25. The average molecular weight is 216 g/mol. The quantitative estimate of drug-likeness (QED) is 0.853. The summed E-state index contributed by atoms with van der Waals surface area (Å²) < 4.78 is 5.19. The van der Waals surface area contributed by atoms with Crippen LogP contribution in [-0.2, 0) is 13.0 Å². The second-order valence-corrected chi connectivity index (χ2v) is 3.78. The summed E-state index contributed by atoms with van der Waals surface area (Å²) in [5, 5.41) is 3.40. The first-order chi connectivity index (χ1) is 7.81. The molecule has 0 aliphatic carbocycles. The lowest BCUT2D eigenvalue weighted by Gasteiger charge is -2.12. The minimum atomic E-state index is 0.678. The van der Waals surface area contributed by atoms with Crippen molar-refractivity contribution in [3.63, 3.8) is 0 Å². The number of benzene rings is 1. The van der Waals surface area contributed by atoms with Crippen molar-refractivity contribution in [2.75, 3.05) is 5.32 Å². The van der Waals surface area contributed by atoms with Gasteiger partial charge in [0.1, 0.15) is 5.76 Å². The highest BCUT2D eigenvalue weighted by atomic mass is 16.3. The van der Waals surface area contributed by atoms with Gasteiger partial charge >= 0.3 is 0 Å². The van der Waals surface area contributed by atoms with E-state index in [1.807, 2.05) is 0 Å². The van der Waals surface area contributed by atoms with Crippen LogP contribution in [0.5, 0.6) is 0 Å². The maximum atomic E-state index is 5.19. The predicted octanol–water partition coefficient (Wildman–Crippen LogP) is 3.16. The van der Waals surface area contributed by atoms with Crippen LogP contribution in [0.15, 0.2) is 35.2 Å². The summed E-state index contributed by atoms with van der Waals surface area (Å²) >= 11 is 0. The third-order valence-corrected chi connectivity index (χ3v) is 2.66. The summed E-state index contributed by atoms with van der Waals surface area (Å²) in [5.74, 6) is 0.852. The topological polar surface area (TPSA) is 38.1 Å². The van der Waals surface area contributed by atoms with E-state index >= 15 is 0 Å². The van der Waals surface area contributed by atoms with Gasteiger partial charge in [-0.3, -0.25) is 0 Å². The van der Waals surface area contributed by atoms with E-state index in [0.717, 1.165) is 12.2 Å². The smallest absolute Gasteiger partial charge is 0.180 e. The van der Waals surface area contributed by atoms with Crippen LogP contribution in [0.2, 0.25) is 0 Å². The summed E-state index contributed by atoms with van der Waals surface area (Å²) in [6.07, 6.45) is 4.22. The van der Waals surface area contributed by atoms with Gasteiger partial charge in [0.25, 0.3) is 0 Å². The Balaban J connectivity index is 2.14. The minimum absolute atomic E-state index is 0.678. The van der Waals surface area contributed by atoms with Crippen molar-refractivity contribution in [3.8, 4) is 0 Å². The van der Waals surface area contributed by atoms with Gasteiger partial charge in [0, 0.05) is 5.69 Å². The highest BCUT2D eigenvalue weighted by molar-refractivity contribution is 5.57. The maximum Gasteiger partial charge on any atom is 0.180 e. The van der Waals surface area contributed by atoms with E-state index in [-0.39, 0.29) is 0 Å². The van der Waals surface area contributed by atoms with Gasteiger partial charge in [-0.2, -0.15) is 0 Å². The molecular formula is C13H16N2O. The minimum Gasteiger partial charge on any atom is -0.447 e. The van der Waals surface area contributed by atoms with Gasteiger partial charge in [0.05, 0.1) is 12.7 Å². The molecule has 1 aromatic heterocycles. The fourth-order valence-corrected chi connectivity index (χ4v) is 1.78. The molecule has 0 saturated carbocycles. The van der Waals surface area contributed by atoms with Gasteiger partial charge in [-0.15, -0.1) is 0 Å². The molecule has 1 heterocycles. The molecule has 3 nitrogen and oxygen atoms in total. The highest BCUT2D eigenvalue weighted by Crippen LogP contribution is 2.21. The van der Waals surface area contributed by atoms with E-state index in [2.05, 4.69) is 42.3 Å². The van der Waals surface area contributed by atoms with Crippen LogP contribution in [0.4, 0.5) is 5.69 Å². The molecule has 0 amide bonds. The van der Waals surface area contributed by atoms with Gasteiger partial charge in [-0.05, 0) is 24.5 Å². The van der Waals surface area contributed by atoms with E-state index in [1.165, 1.54) is 23.2 Å². The molecule has 0 unspecified atom stereocenters. The second-order valence-electron chi connectivity index (χ2n) is 3.78. The van der Waals surface area contributed by atoms with Crippen LogP contribution < -0.4 is 5.32 Å². The molecule has 0 aliphatic heterocycles. The summed E-state index contributed by atoms with van der Waals surface area (Å²) in [6.45, 7) is 4.95. The molecule has 0 bridgehead atoms. The highest BCUT2D eigenvalue weighted by Gasteiger charge is 2.04. The Hall–Kier alpha value is -1.77. The van der Waals surface area contributed by atoms with Crippen molar-refractivity contribution < 1.29 is 4.42 Å². The van der Waals surface area contributed by atoms with E-state index < -0.39 is 0 Å². The molecule has 1 aromatic carbocycles. The number of nitrogens with one attached hydrogen (secondary N) is 1. The number of rotatable bonds is 4. The average Bonchev–Trinajstić information content (AvgIpc) is 2.80. The normalized spacial score (nSPS) is 10.4. The summed E-state index contributed by atoms with van der Waals surface area (Å²) in [6, 6.07) is 6.35. The van der Waals surface area contributed by atoms with E-state index in [9.17, 15) is 0 Å². The fraction of sp³-hybridized carbons (Fsp3) is 0.308. The van der Waals surface area contributed by atoms with E-state index in [4.69, 9.17) is 4.42 Å². The number of hydrogen-bond donors (Lipinski definition) is 1. The first kappa shape index (κ1) is 10.7. The van der Waals surface area contributed by atoms with Gasteiger partial charge in [0.15, 0.2) is 6.39 Å². The first-order valence-corrected chi connectivity index (χ1v) is 5.51. The zero-order valence-electron chi connectivity index (χ0n) is 9.66. The molecule has 0 aliphatic rings. The molecule has 0 fully saturated rings. The zero-order chi connectivity index (χ0) is 11.4. The predicted molar refractivity (Wildman–Crippen MR) is 64.4 cm³/mol. The van der Waals surface area contributed by atoms with Gasteiger partial charge in [-0.1, -0.05) is 25.1 Å². The van der Waals surface area contributed by atoms with Crippen LogP contribution in [0.3, 0.4) is 0 Å². The number of para-hydroxylation sites is 1. The monoisotopic (exact) mass is 216 g/mol. The molecule has 0 radical (unpaired) electrons. The Bertz CT molecular complexity index is 449. The van der Waals surface area contributed by atoms with Crippen LogP contribution in [-0.4, -0.2) is 4.98 Å². The van der Waals surface area contributed by atoms with Crippen LogP contribution in [0.25, 0.3) is 0 Å². The number of oxazole rings is 1. The first-order valence-electron chi connectivity index (χ1n) is 5.51. The Morgan fingerprint density at radius 1 is 1.38 bits per heavy atom. The number of anilines is 1. The van der Waals surface area contributed by atoms with Crippen molar-refractivity contribution in [2.24, 2.45) is 0 Å². The third kappa shape index (κ3) is 2.24. The molecule has 0 saturated heterocycles. The van der Waals surface area contributed by atoms with Gasteiger partial charge < -0.3 is 9.73 Å². The van der Waals surface area contributed by atoms with E-state index in [0.29, 0.717) is 6.54 Å². The van der Waals surface area contributed by atoms with Crippen molar-refractivity contribution in [1.82, 2.24) is 4.98 Å². The zero-order valence-corrected chi connectivity index (χ0v) is 9.66. The Morgan fingerprint density at radius 2 is 2.25 bits per heavy atom. The SMILES string of the molecule is CCc1cccc(C)c1NCc1cnco1. The van der Waals surface area contributed by atoms with Crippen molar-refractivity contribution in [2.45, 2.75) is 26.8 Å². The maximum absolute atomic E-state index is 5.19. The largest absolute Gasteiger partial charge is 0.447 e. The summed E-state index contributed by atoms with van der Waals surface area (Å²) in [7, 11) is 0. The van der Waals surface area contributed by atoms with Crippen LogP contribution >= 0.6 is 0 Å². The third-order valence-electron chi connectivity index (χ3n) is 2.66. The number of hydrogen-bond acceptors (Lipinski definition) is 3. The Labute approximate surface area is 95.5 Å². The number of aryl methyl sites for hydroxylation is 2. The molecule has 3 heteroatoms. The Morgan fingerprint density at radius 3 is 2.94 bits per heavy atom. The fourth-order valence-electron chi connectivity index (χ4n) is 1.78. The van der Waals surface area contributed by atoms with Gasteiger partial charge in [-0.25, -0.2) is 4.98 Å². The molecule has 16 heavy (non-hydrogen) atoms. The van der Waals surface area contributed by atoms with Gasteiger partial charge in [0.2, 0.25) is 0 Å². The summed E-state index contributed by atoms with van der Waals surface area (Å²) in [4.78, 5) is 3.89. The molecular weight excluding hydrogens is 200 g/mol. The van der Waals surface area contributed by atoms with E-state index in [1.54, 1.807) is 6.20 Å². The molecule has 0 spiro atoms. The molecule has 1 N–H and O–H groups in total. The van der Waals surface area contributed by atoms with Crippen LogP contribution in [0.1, 0.15) is 23.8 Å². The lowest BCUT2D eigenvalue weighted by molar-refractivity contribution is 0.511.